The van der Waals surface area contributed by atoms with E-state index < -0.39 is 30.4 Å². The minimum absolute atomic E-state index is 0.0152. The highest BCUT2D eigenvalue weighted by Crippen LogP contribution is 2.44. The second-order valence-corrected chi connectivity index (χ2v) is 7.79. The van der Waals surface area contributed by atoms with Crippen LogP contribution >= 0.6 is 0 Å². The summed E-state index contributed by atoms with van der Waals surface area (Å²) in [6, 6.07) is 23.8. The minimum atomic E-state index is -1.23. The fourth-order valence-corrected chi connectivity index (χ4v) is 4.01. The normalized spacial score (nSPS) is 12.8. The van der Waals surface area contributed by atoms with Crippen molar-refractivity contribution < 1.29 is 23.9 Å². The van der Waals surface area contributed by atoms with Crippen molar-refractivity contribution in [2.45, 2.75) is 25.0 Å². The van der Waals surface area contributed by atoms with E-state index in [1.54, 1.807) is 12.1 Å². The first-order valence-electron chi connectivity index (χ1n) is 10.6. The van der Waals surface area contributed by atoms with Crippen LogP contribution in [0, 0.1) is 0 Å². The van der Waals surface area contributed by atoms with Gasteiger partial charge in [0.05, 0.1) is 6.42 Å². The predicted molar refractivity (Wildman–Crippen MR) is 122 cm³/mol. The Morgan fingerprint density at radius 1 is 0.818 bits per heavy atom. The van der Waals surface area contributed by atoms with Gasteiger partial charge in [0.25, 0.3) is 0 Å². The van der Waals surface area contributed by atoms with E-state index in [2.05, 4.69) is 5.32 Å². The summed E-state index contributed by atoms with van der Waals surface area (Å²) in [6.07, 6.45) is -1.21. The Morgan fingerprint density at radius 2 is 1.39 bits per heavy atom. The number of amides is 2. The molecule has 33 heavy (non-hydrogen) atoms. The zero-order chi connectivity index (χ0) is 23.2. The van der Waals surface area contributed by atoms with Crippen molar-refractivity contribution >= 4 is 18.0 Å². The summed E-state index contributed by atoms with van der Waals surface area (Å²) in [5.41, 5.74) is 10.4. The average molecular weight is 444 g/mol. The van der Waals surface area contributed by atoms with Crippen LogP contribution < -0.4 is 11.1 Å². The highest BCUT2D eigenvalue weighted by atomic mass is 16.6. The number of carbonyl (C=O) groups excluding carboxylic acids is 3. The summed E-state index contributed by atoms with van der Waals surface area (Å²) in [6.45, 7) is 0.101. The molecule has 0 unspecified atom stereocenters. The van der Waals surface area contributed by atoms with Crippen molar-refractivity contribution in [2.75, 3.05) is 6.61 Å². The molecule has 1 aliphatic rings. The second-order valence-electron chi connectivity index (χ2n) is 7.79. The van der Waals surface area contributed by atoms with E-state index in [0.717, 1.165) is 27.8 Å². The molecule has 2 amide bonds. The Balaban J connectivity index is 1.39. The van der Waals surface area contributed by atoms with Gasteiger partial charge in [0.2, 0.25) is 5.91 Å². The molecule has 0 saturated carbocycles. The van der Waals surface area contributed by atoms with Crippen molar-refractivity contribution in [3.8, 4) is 11.1 Å². The molecule has 1 atom stereocenters. The molecule has 3 N–H and O–H groups in total. The molecule has 4 rings (SSSR count). The second kappa shape index (κ2) is 9.99. The number of fused-ring (bicyclic) bond motifs is 3. The van der Waals surface area contributed by atoms with Crippen LogP contribution in [0.4, 0.5) is 4.79 Å². The molecular weight excluding hydrogens is 420 g/mol. The maximum Gasteiger partial charge on any atom is 0.407 e. The van der Waals surface area contributed by atoms with Crippen LogP contribution in [0.2, 0.25) is 0 Å². The molecule has 3 aromatic carbocycles. The third-order valence-electron chi connectivity index (χ3n) is 5.55. The smallest absolute Gasteiger partial charge is 0.407 e. The highest BCUT2D eigenvalue weighted by molar-refractivity contribution is 5.87. The highest BCUT2D eigenvalue weighted by Gasteiger charge is 2.30. The van der Waals surface area contributed by atoms with Crippen LogP contribution in [-0.4, -0.2) is 30.6 Å². The van der Waals surface area contributed by atoms with Crippen LogP contribution in [0.15, 0.2) is 78.9 Å². The number of benzene rings is 3. The molecule has 0 spiro atoms. The lowest BCUT2D eigenvalue weighted by molar-refractivity contribution is -0.148. The third-order valence-corrected chi connectivity index (χ3v) is 5.55. The first-order valence-corrected chi connectivity index (χ1v) is 10.6. The molecule has 0 radical (unpaired) electrons. The summed E-state index contributed by atoms with van der Waals surface area (Å²) >= 11 is 0. The molecular formula is C26H24N2O5. The predicted octanol–water partition coefficient (Wildman–Crippen LogP) is 3.51. The Bertz CT molecular complexity index is 1120. The maximum absolute atomic E-state index is 12.5. The zero-order valence-corrected chi connectivity index (χ0v) is 17.9. The van der Waals surface area contributed by atoms with Gasteiger partial charge < -0.3 is 20.5 Å². The number of rotatable bonds is 8. The molecule has 0 heterocycles. The number of alkyl carbamates (subject to hydrolysis) is 1. The number of nitrogens with one attached hydrogen (secondary N) is 1. The Kier molecular flexibility index (Phi) is 6.69. The lowest BCUT2D eigenvalue weighted by Crippen LogP contribution is -2.44. The van der Waals surface area contributed by atoms with Crippen molar-refractivity contribution in [2.24, 2.45) is 5.73 Å². The largest absolute Gasteiger partial charge is 0.459 e. The van der Waals surface area contributed by atoms with E-state index in [0.29, 0.717) is 0 Å². The minimum Gasteiger partial charge on any atom is -0.459 e. The number of nitrogens with two attached hydrogens (primary N) is 1. The van der Waals surface area contributed by atoms with Gasteiger partial charge in [-0.25, -0.2) is 9.59 Å². The first-order chi connectivity index (χ1) is 16.0. The number of carbonyl (C=O) groups is 3. The van der Waals surface area contributed by atoms with Gasteiger partial charge in [-0.1, -0.05) is 78.9 Å². The number of hydrogen-bond acceptors (Lipinski definition) is 5. The van der Waals surface area contributed by atoms with E-state index in [1.807, 2.05) is 66.7 Å². The van der Waals surface area contributed by atoms with Crippen LogP contribution in [0.1, 0.15) is 29.0 Å². The summed E-state index contributed by atoms with van der Waals surface area (Å²) in [4.78, 5) is 36.4. The van der Waals surface area contributed by atoms with Crippen LogP contribution in [0.25, 0.3) is 11.1 Å². The molecule has 0 bridgehead atoms. The number of esters is 1. The van der Waals surface area contributed by atoms with Crippen molar-refractivity contribution in [1.82, 2.24) is 5.32 Å². The summed E-state index contributed by atoms with van der Waals surface area (Å²) < 4.78 is 10.7. The average Bonchev–Trinajstić information content (AvgIpc) is 3.15. The van der Waals surface area contributed by atoms with Crippen molar-refractivity contribution in [3.05, 3.63) is 95.6 Å². The van der Waals surface area contributed by atoms with Gasteiger partial charge in [-0.3, -0.25) is 4.79 Å². The van der Waals surface area contributed by atoms with Crippen molar-refractivity contribution in [1.29, 1.82) is 0 Å². The van der Waals surface area contributed by atoms with Gasteiger partial charge in [0.15, 0.2) is 0 Å². The van der Waals surface area contributed by atoms with E-state index >= 15 is 0 Å². The molecule has 0 aromatic heterocycles. The van der Waals surface area contributed by atoms with Crippen LogP contribution in [0.3, 0.4) is 0 Å². The fourth-order valence-electron chi connectivity index (χ4n) is 4.01. The summed E-state index contributed by atoms with van der Waals surface area (Å²) in [5, 5.41) is 2.42. The quantitative estimate of drug-likeness (QED) is 0.517. The zero-order valence-electron chi connectivity index (χ0n) is 17.9. The van der Waals surface area contributed by atoms with Gasteiger partial charge in [-0.2, -0.15) is 0 Å². The lowest BCUT2D eigenvalue weighted by atomic mass is 9.98. The third kappa shape index (κ3) is 5.20. The first kappa shape index (κ1) is 22.1. The molecule has 0 saturated heterocycles. The van der Waals surface area contributed by atoms with Gasteiger partial charge >= 0.3 is 12.1 Å². The molecule has 0 aliphatic heterocycles. The Morgan fingerprint density at radius 3 is 2.00 bits per heavy atom. The maximum atomic E-state index is 12.5. The Labute approximate surface area is 191 Å². The lowest BCUT2D eigenvalue weighted by Gasteiger charge is -2.18. The molecule has 7 heteroatoms. The van der Waals surface area contributed by atoms with Gasteiger partial charge in [0.1, 0.15) is 19.3 Å². The standard InChI is InChI=1S/C26H24N2O5/c27-24(29)14-23(25(30)32-15-17-8-2-1-3-9-17)28-26(31)33-16-22-20-12-6-4-10-18(20)19-11-5-7-13-21(19)22/h1-13,22-23H,14-16H2,(H2,27,29)(H,28,31)/t23-/m0/s1. The number of hydrogen-bond donors (Lipinski definition) is 2. The fraction of sp³-hybridized carbons (Fsp3) is 0.192. The molecule has 7 nitrogen and oxygen atoms in total. The molecule has 1 aliphatic carbocycles. The van der Waals surface area contributed by atoms with Crippen molar-refractivity contribution in [3.63, 3.8) is 0 Å². The monoisotopic (exact) mass is 444 g/mol. The molecule has 3 aromatic rings. The topological polar surface area (TPSA) is 108 Å². The Hall–Kier alpha value is -4.13. The summed E-state index contributed by atoms with van der Waals surface area (Å²) in [5.74, 6) is -1.62. The summed E-state index contributed by atoms with van der Waals surface area (Å²) in [7, 11) is 0. The van der Waals surface area contributed by atoms with Crippen LogP contribution in [0.5, 0.6) is 0 Å². The number of ether oxygens (including phenoxy) is 2. The van der Waals surface area contributed by atoms with Gasteiger partial charge in [0, 0.05) is 5.92 Å². The van der Waals surface area contributed by atoms with Gasteiger partial charge in [-0.05, 0) is 27.8 Å². The number of primary amides is 1. The van der Waals surface area contributed by atoms with E-state index in [9.17, 15) is 14.4 Å². The molecule has 168 valence electrons. The van der Waals surface area contributed by atoms with E-state index in [-0.39, 0.29) is 19.1 Å². The van der Waals surface area contributed by atoms with Crippen LogP contribution in [-0.2, 0) is 25.7 Å². The van der Waals surface area contributed by atoms with E-state index in [4.69, 9.17) is 15.2 Å². The van der Waals surface area contributed by atoms with E-state index in [1.165, 1.54) is 0 Å². The van der Waals surface area contributed by atoms with Gasteiger partial charge in [-0.15, -0.1) is 0 Å². The molecule has 0 fully saturated rings. The SMILES string of the molecule is NC(=O)C[C@H](NC(=O)OCC1c2ccccc2-c2ccccc21)C(=O)OCc1ccccc1.